The van der Waals surface area contributed by atoms with Crippen LogP contribution in [0.15, 0.2) is 17.1 Å². The van der Waals surface area contributed by atoms with Crippen LogP contribution in [0.5, 0.6) is 0 Å². The standard InChI is InChI=1S/C11H11Cl2N3O2/c1-18-9(17)5-16-4-6-8(15-11(16)14)3-2-7(12)10(6)13/h2-4,11H,5,14H2,1H3. The number of nitrogens with zero attached hydrogens (tertiary/aromatic N) is 2. The second-order valence-corrected chi connectivity index (χ2v) is 4.50. The second-order valence-electron chi connectivity index (χ2n) is 3.71. The fraction of sp³-hybridized carbons (Fsp3) is 0.273. The summed E-state index contributed by atoms with van der Waals surface area (Å²) in [5, 5.41) is 2.11. The van der Waals surface area contributed by atoms with Crippen LogP contribution in [-0.2, 0) is 9.53 Å². The van der Waals surface area contributed by atoms with Gasteiger partial charge < -0.3 is 9.64 Å². The summed E-state index contributed by atoms with van der Waals surface area (Å²) in [4.78, 5) is 17.0. The minimum absolute atomic E-state index is 0.00342. The summed E-state index contributed by atoms with van der Waals surface area (Å²) in [6.45, 7) is 0.00342. The van der Waals surface area contributed by atoms with Gasteiger partial charge in [-0.3, -0.25) is 10.5 Å². The highest BCUT2D eigenvalue weighted by Crippen LogP contribution is 2.15. The Hall–Kier alpha value is -1.30. The Balaban J connectivity index is 2.47. The summed E-state index contributed by atoms with van der Waals surface area (Å²) in [6.07, 6.45) is 1.02. The average molecular weight is 288 g/mol. The first-order chi connectivity index (χ1) is 8.52. The molecular weight excluding hydrogens is 277 g/mol. The molecule has 0 amide bonds. The Morgan fingerprint density at radius 1 is 1.56 bits per heavy atom. The van der Waals surface area contributed by atoms with Crippen LogP contribution in [0, 0.1) is 0 Å². The van der Waals surface area contributed by atoms with Gasteiger partial charge in [0.15, 0.2) is 6.29 Å². The molecule has 0 spiro atoms. The van der Waals surface area contributed by atoms with Crippen molar-refractivity contribution in [3.63, 3.8) is 0 Å². The second kappa shape index (κ2) is 5.14. The monoisotopic (exact) mass is 287 g/mol. The van der Waals surface area contributed by atoms with E-state index in [-0.39, 0.29) is 6.54 Å². The van der Waals surface area contributed by atoms with Crippen LogP contribution in [0.2, 0.25) is 10.0 Å². The number of rotatable bonds is 2. The van der Waals surface area contributed by atoms with E-state index in [9.17, 15) is 4.79 Å². The van der Waals surface area contributed by atoms with E-state index < -0.39 is 12.3 Å². The van der Waals surface area contributed by atoms with Crippen LogP contribution < -0.4 is 16.3 Å². The van der Waals surface area contributed by atoms with E-state index in [4.69, 9.17) is 28.9 Å². The molecule has 0 saturated heterocycles. The number of nitrogens with two attached hydrogens (primary N) is 1. The summed E-state index contributed by atoms with van der Waals surface area (Å²) in [7, 11) is 1.31. The molecule has 1 atom stereocenters. The molecule has 0 bridgehead atoms. The number of hydrogen-bond acceptors (Lipinski definition) is 5. The topological polar surface area (TPSA) is 67.9 Å². The predicted octanol–water partition coefficient (Wildman–Crippen LogP) is 0.0819. The van der Waals surface area contributed by atoms with Crippen molar-refractivity contribution in [2.45, 2.75) is 6.29 Å². The first kappa shape index (κ1) is 13.1. The van der Waals surface area contributed by atoms with Crippen molar-refractivity contribution in [1.82, 2.24) is 4.90 Å². The summed E-state index contributed by atoms with van der Waals surface area (Å²) >= 11 is 12.0. The highest BCUT2D eigenvalue weighted by Gasteiger charge is 2.18. The number of carbonyl (C=O) groups is 1. The fourth-order valence-electron chi connectivity index (χ4n) is 1.60. The minimum atomic E-state index is -0.645. The smallest absolute Gasteiger partial charge is 0.325 e. The number of ether oxygens (including phenoxy) is 1. The summed E-state index contributed by atoms with van der Waals surface area (Å²) < 4.78 is 4.59. The zero-order valence-electron chi connectivity index (χ0n) is 9.56. The van der Waals surface area contributed by atoms with Gasteiger partial charge in [0, 0.05) is 11.4 Å². The van der Waals surface area contributed by atoms with E-state index in [2.05, 4.69) is 9.73 Å². The van der Waals surface area contributed by atoms with Crippen LogP contribution in [0.25, 0.3) is 6.20 Å². The third kappa shape index (κ3) is 2.43. The SMILES string of the molecule is COC(=O)CN1C=c2c(Cl)c(Cl)ccc2=NC1N. The number of halogens is 2. The Kier molecular flexibility index (Phi) is 3.75. The van der Waals surface area contributed by atoms with Gasteiger partial charge >= 0.3 is 5.97 Å². The Morgan fingerprint density at radius 2 is 2.28 bits per heavy atom. The summed E-state index contributed by atoms with van der Waals surface area (Å²) in [5.41, 5.74) is 5.83. The lowest BCUT2D eigenvalue weighted by atomic mass is 10.2. The van der Waals surface area contributed by atoms with Crippen LogP contribution in [-0.4, -0.2) is 30.8 Å². The molecule has 0 fully saturated rings. The quantitative estimate of drug-likeness (QED) is 0.783. The fourth-order valence-corrected chi connectivity index (χ4v) is 1.98. The molecule has 0 saturated carbocycles. The predicted molar refractivity (Wildman–Crippen MR) is 68.4 cm³/mol. The highest BCUT2D eigenvalue weighted by molar-refractivity contribution is 6.42. The molecule has 2 N–H and O–H groups in total. The molecule has 0 aromatic heterocycles. The molecule has 7 heteroatoms. The maximum atomic E-state index is 11.2. The number of methoxy groups -OCH3 is 1. The molecular formula is C11H11Cl2N3O2. The van der Waals surface area contributed by atoms with E-state index in [1.807, 2.05) is 0 Å². The number of carbonyl (C=O) groups excluding carboxylic acids is 1. The summed E-state index contributed by atoms with van der Waals surface area (Å²) in [5.74, 6) is -0.404. The molecule has 1 aromatic carbocycles. The largest absolute Gasteiger partial charge is 0.468 e. The molecule has 0 radical (unpaired) electrons. The van der Waals surface area contributed by atoms with Crippen LogP contribution in [0.4, 0.5) is 0 Å². The first-order valence-electron chi connectivity index (χ1n) is 5.15. The normalized spacial score (nSPS) is 17.6. The van der Waals surface area contributed by atoms with Gasteiger partial charge in [-0.05, 0) is 12.1 Å². The third-order valence-corrected chi connectivity index (χ3v) is 3.37. The van der Waals surface area contributed by atoms with Crippen molar-refractivity contribution in [3.8, 4) is 0 Å². The maximum Gasteiger partial charge on any atom is 0.325 e. The minimum Gasteiger partial charge on any atom is -0.468 e. The zero-order chi connectivity index (χ0) is 13.3. The number of fused-ring (bicyclic) bond motifs is 1. The van der Waals surface area contributed by atoms with Gasteiger partial charge in [-0.15, -0.1) is 0 Å². The van der Waals surface area contributed by atoms with Crippen molar-refractivity contribution >= 4 is 35.4 Å². The average Bonchev–Trinajstić information content (AvgIpc) is 2.36. The Bertz CT molecular complexity index is 603. The van der Waals surface area contributed by atoms with E-state index in [1.165, 1.54) is 12.0 Å². The Labute approximate surface area is 113 Å². The van der Waals surface area contributed by atoms with Gasteiger partial charge in [0.1, 0.15) is 6.54 Å². The molecule has 5 nitrogen and oxygen atoms in total. The first-order valence-corrected chi connectivity index (χ1v) is 5.90. The van der Waals surface area contributed by atoms with Crippen LogP contribution >= 0.6 is 23.2 Å². The molecule has 1 heterocycles. The van der Waals surface area contributed by atoms with Gasteiger partial charge in [-0.1, -0.05) is 23.2 Å². The van der Waals surface area contributed by atoms with Gasteiger partial charge in [-0.2, -0.15) is 0 Å². The summed E-state index contributed by atoms with van der Waals surface area (Å²) in [6, 6.07) is 3.39. The van der Waals surface area contributed by atoms with Gasteiger partial charge in [0.05, 0.1) is 22.5 Å². The number of hydrogen-bond donors (Lipinski definition) is 1. The van der Waals surface area contributed by atoms with Crippen LogP contribution in [0.1, 0.15) is 0 Å². The Morgan fingerprint density at radius 3 is 2.94 bits per heavy atom. The van der Waals surface area contributed by atoms with Crippen molar-refractivity contribution in [2.75, 3.05) is 13.7 Å². The van der Waals surface area contributed by atoms with E-state index in [0.29, 0.717) is 20.6 Å². The van der Waals surface area contributed by atoms with Gasteiger partial charge in [0.2, 0.25) is 0 Å². The van der Waals surface area contributed by atoms with E-state index in [0.717, 1.165) is 0 Å². The molecule has 96 valence electrons. The van der Waals surface area contributed by atoms with Gasteiger partial charge in [-0.25, -0.2) is 4.99 Å². The molecule has 2 rings (SSSR count). The highest BCUT2D eigenvalue weighted by atomic mass is 35.5. The lowest BCUT2D eigenvalue weighted by molar-refractivity contribution is -0.141. The molecule has 1 unspecified atom stereocenters. The van der Waals surface area contributed by atoms with E-state index in [1.54, 1.807) is 18.3 Å². The van der Waals surface area contributed by atoms with Crippen LogP contribution in [0.3, 0.4) is 0 Å². The zero-order valence-corrected chi connectivity index (χ0v) is 11.1. The molecule has 1 aromatic rings. The van der Waals surface area contributed by atoms with Crippen molar-refractivity contribution in [1.29, 1.82) is 0 Å². The number of benzene rings is 1. The van der Waals surface area contributed by atoms with Crippen molar-refractivity contribution in [3.05, 3.63) is 32.8 Å². The molecule has 1 aliphatic rings. The van der Waals surface area contributed by atoms with E-state index >= 15 is 0 Å². The van der Waals surface area contributed by atoms with Crippen molar-refractivity contribution in [2.24, 2.45) is 10.7 Å². The van der Waals surface area contributed by atoms with Gasteiger partial charge in [0.25, 0.3) is 0 Å². The molecule has 0 aliphatic carbocycles. The molecule has 18 heavy (non-hydrogen) atoms. The lowest BCUT2D eigenvalue weighted by Gasteiger charge is -2.25. The van der Waals surface area contributed by atoms with Crippen molar-refractivity contribution < 1.29 is 9.53 Å². The maximum absolute atomic E-state index is 11.2. The lowest BCUT2D eigenvalue weighted by Crippen LogP contribution is -2.48. The third-order valence-electron chi connectivity index (χ3n) is 2.56. The number of esters is 1. The molecule has 1 aliphatic heterocycles.